The van der Waals surface area contributed by atoms with Gasteiger partial charge in [-0.1, -0.05) is 18.2 Å². The molecule has 7 heteroatoms. The predicted octanol–water partition coefficient (Wildman–Crippen LogP) is 2.29. The van der Waals surface area contributed by atoms with Gasteiger partial charge in [-0.2, -0.15) is 0 Å². The second-order valence-electron chi connectivity index (χ2n) is 7.20. The number of fused-ring (bicyclic) bond motifs is 1. The Balaban J connectivity index is 1.44. The van der Waals surface area contributed by atoms with E-state index < -0.39 is 6.04 Å². The number of para-hydroxylation sites is 1. The summed E-state index contributed by atoms with van der Waals surface area (Å²) in [5.41, 5.74) is 2.16. The summed E-state index contributed by atoms with van der Waals surface area (Å²) in [4.78, 5) is 34.3. The number of nitrogens with one attached hydrogen (secondary N) is 2. The van der Waals surface area contributed by atoms with Gasteiger partial charge in [0, 0.05) is 43.2 Å². The van der Waals surface area contributed by atoms with Crippen molar-refractivity contribution in [1.82, 2.24) is 20.2 Å². The molecule has 1 aliphatic heterocycles. The third kappa shape index (κ3) is 4.08. The molecule has 0 radical (unpaired) electrons. The largest absolute Gasteiger partial charge is 0.487 e. The number of aromatic nitrogens is 2. The molecule has 150 valence electrons. The average molecular weight is 392 g/mol. The van der Waals surface area contributed by atoms with E-state index >= 15 is 0 Å². The van der Waals surface area contributed by atoms with Crippen LogP contribution >= 0.6 is 0 Å². The van der Waals surface area contributed by atoms with Gasteiger partial charge < -0.3 is 19.9 Å². The molecule has 3 aromatic rings. The fraction of sp³-hybridized carbons (Fsp3) is 0.318. The van der Waals surface area contributed by atoms with Crippen molar-refractivity contribution in [3.8, 4) is 5.75 Å². The van der Waals surface area contributed by atoms with Crippen molar-refractivity contribution in [3.05, 3.63) is 60.6 Å². The molecule has 2 N–H and O–H groups in total. The second kappa shape index (κ2) is 8.34. The van der Waals surface area contributed by atoms with E-state index in [1.807, 2.05) is 36.5 Å². The summed E-state index contributed by atoms with van der Waals surface area (Å²) >= 11 is 0. The number of amides is 2. The molecule has 1 saturated heterocycles. The first-order chi connectivity index (χ1) is 14.2. The van der Waals surface area contributed by atoms with Crippen LogP contribution in [0.2, 0.25) is 0 Å². The maximum Gasteiger partial charge on any atom is 0.242 e. The van der Waals surface area contributed by atoms with E-state index in [1.54, 1.807) is 30.4 Å². The van der Waals surface area contributed by atoms with Gasteiger partial charge in [0.1, 0.15) is 17.9 Å². The molecule has 0 unspecified atom stereocenters. The summed E-state index contributed by atoms with van der Waals surface area (Å²) in [5, 5.41) is 3.79. The lowest BCUT2D eigenvalue weighted by molar-refractivity contribution is -0.138. The Morgan fingerprint density at radius 3 is 2.93 bits per heavy atom. The van der Waals surface area contributed by atoms with Gasteiger partial charge in [0.05, 0.1) is 12.7 Å². The monoisotopic (exact) mass is 392 g/mol. The molecule has 29 heavy (non-hydrogen) atoms. The van der Waals surface area contributed by atoms with Gasteiger partial charge in [0.25, 0.3) is 0 Å². The number of carbonyl (C=O) groups is 2. The molecule has 1 fully saturated rings. The van der Waals surface area contributed by atoms with Gasteiger partial charge in [0.15, 0.2) is 0 Å². The number of likely N-dealkylation sites (N-methyl/N-ethyl adjacent to an activating group) is 1. The van der Waals surface area contributed by atoms with Crippen LogP contribution in [0.5, 0.6) is 5.75 Å². The van der Waals surface area contributed by atoms with Gasteiger partial charge in [-0.3, -0.25) is 14.6 Å². The number of pyridine rings is 1. The molecule has 2 amide bonds. The third-order valence-electron chi connectivity index (χ3n) is 5.35. The smallest absolute Gasteiger partial charge is 0.242 e. The molecule has 0 spiro atoms. The molecule has 2 aromatic heterocycles. The van der Waals surface area contributed by atoms with Crippen molar-refractivity contribution in [2.24, 2.45) is 0 Å². The summed E-state index contributed by atoms with van der Waals surface area (Å²) in [6.07, 6.45) is 6.45. The molecule has 2 atom stereocenters. The Hall–Kier alpha value is -3.35. The van der Waals surface area contributed by atoms with Gasteiger partial charge in [-0.15, -0.1) is 0 Å². The van der Waals surface area contributed by atoms with Crippen LogP contribution in [0.3, 0.4) is 0 Å². The number of hydrogen-bond acceptors (Lipinski definition) is 4. The summed E-state index contributed by atoms with van der Waals surface area (Å²) in [7, 11) is 1.59. The minimum absolute atomic E-state index is 0.0406. The van der Waals surface area contributed by atoms with Crippen LogP contribution in [0.25, 0.3) is 10.9 Å². The summed E-state index contributed by atoms with van der Waals surface area (Å²) in [5.74, 6) is 0.435. The Morgan fingerprint density at radius 2 is 2.14 bits per heavy atom. The fourth-order valence-corrected chi connectivity index (χ4v) is 3.91. The van der Waals surface area contributed by atoms with E-state index in [0.29, 0.717) is 31.6 Å². The number of benzene rings is 1. The highest BCUT2D eigenvalue weighted by Gasteiger charge is 2.40. The molecule has 0 aliphatic carbocycles. The van der Waals surface area contributed by atoms with Crippen molar-refractivity contribution in [2.75, 3.05) is 13.6 Å². The van der Waals surface area contributed by atoms with Crippen LogP contribution in [0, 0.1) is 0 Å². The zero-order valence-corrected chi connectivity index (χ0v) is 16.3. The van der Waals surface area contributed by atoms with Crippen molar-refractivity contribution in [1.29, 1.82) is 0 Å². The molecular formula is C22H24N4O3. The number of aryl methyl sites for hydroxylation is 1. The van der Waals surface area contributed by atoms with E-state index in [-0.39, 0.29) is 17.9 Å². The third-order valence-corrected chi connectivity index (χ3v) is 5.35. The minimum Gasteiger partial charge on any atom is -0.487 e. The van der Waals surface area contributed by atoms with Gasteiger partial charge in [-0.05, 0) is 30.2 Å². The van der Waals surface area contributed by atoms with Crippen molar-refractivity contribution < 1.29 is 14.3 Å². The SMILES string of the molecule is CNC(=O)[C@@H]1C[C@H](Oc2cccnc2)CN1C(=O)CCc1c[nH]c2ccccc12. The Labute approximate surface area is 169 Å². The highest BCUT2D eigenvalue weighted by Crippen LogP contribution is 2.25. The van der Waals surface area contributed by atoms with E-state index in [2.05, 4.69) is 15.3 Å². The number of ether oxygens (including phenoxy) is 1. The van der Waals surface area contributed by atoms with E-state index in [4.69, 9.17) is 4.74 Å². The normalized spacial score (nSPS) is 18.7. The highest BCUT2D eigenvalue weighted by atomic mass is 16.5. The molecule has 1 aromatic carbocycles. The summed E-state index contributed by atoms with van der Waals surface area (Å²) in [6, 6.07) is 11.1. The first kappa shape index (κ1) is 19.0. The highest BCUT2D eigenvalue weighted by molar-refractivity contribution is 5.89. The molecule has 4 rings (SSSR count). The molecule has 1 aliphatic rings. The van der Waals surface area contributed by atoms with Crippen LogP contribution in [-0.2, 0) is 16.0 Å². The molecule has 3 heterocycles. The molecule has 0 saturated carbocycles. The summed E-state index contributed by atoms with van der Waals surface area (Å²) in [6.45, 7) is 0.389. The minimum atomic E-state index is -0.517. The second-order valence-corrected chi connectivity index (χ2v) is 7.20. The average Bonchev–Trinajstić information content (AvgIpc) is 3.36. The van der Waals surface area contributed by atoms with Crippen LogP contribution in [0.15, 0.2) is 55.0 Å². The number of likely N-dealkylation sites (tertiary alicyclic amines) is 1. The Morgan fingerprint density at radius 1 is 1.28 bits per heavy atom. The predicted molar refractivity (Wildman–Crippen MR) is 109 cm³/mol. The van der Waals surface area contributed by atoms with Gasteiger partial charge >= 0.3 is 0 Å². The van der Waals surface area contributed by atoms with Crippen LogP contribution in [-0.4, -0.2) is 52.4 Å². The van der Waals surface area contributed by atoms with E-state index in [0.717, 1.165) is 16.5 Å². The quantitative estimate of drug-likeness (QED) is 0.674. The van der Waals surface area contributed by atoms with E-state index in [1.165, 1.54) is 0 Å². The maximum absolute atomic E-state index is 13.0. The van der Waals surface area contributed by atoms with Crippen molar-refractivity contribution in [3.63, 3.8) is 0 Å². The number of hydrogen-bond donors (Lipinski definition) is 2. The Bertz CT molecular complexity index is 1000. The number of carbonyl (C=O) groups excluding carboxylic acids is 2. The van der Waals surface area contributed by atoms with Crippen LogP contribution in [0.1, 0.15) is 18.4 Å². The summed E-state index contributed by atoms with van der Waals surface area (Å²) < 4.78 is 5.95. The van der Waals surface area contributed by atoms with Crippen molar-refractivity contribution in [2.45, 2.75) is 31.4 Å². The van der Waals surface area contributed by atoms with Gasteiger partial charge in [-0.25, -0.2) is 0 Å². The van der Waals surface area contributed by atoms with Crippen molar-refractivity contribution >= 4 is 22.7 Å². The fourth-order valence-electron chi connectivity index (χ4n) is 3.91. The van der Waals surface area contributed by atoms with Crippen LogP contribution < -0.4 is 10.1 Å². The lowest BCUT2D eigenvalue weighted by Gasteiger charge is -2.23. The lowest BCUT2D eigenvalue weighted by atomic mass is 10.1. The first-order valence-electron chi connectivity index (χ1n) is 9.78. The maximum atomic E-state index is 13.0. The first-order valence-corrected chi connectivity index (χ1v) is 9.78. The van der Waals surface area contributed by atoms with E-state index in [9.17, 15) is 9.59 Å². The zero-order valence-electron chi connectivity index (χ0n) is 16.3. The van der Waals surface area contributed by atoms with Gasteiger partial charge in [0.2, 0.25) is 11.8 Å². The zero-order chi connectivity index (χ0) is 20.2. The number of aromatic amines is 1. The Kier molecular flexibility index (Phi) is 5.46. The standard InChI is InChI=1S/C22H24N4O3/c1-23-22(28)20-11-17(29-16-5-4-10-24-13-16)14-26(20)21(27)9-8-15-12-25-19-7-3-2-6-18(15)19/h2-7,10,12-13,17,20,25H,8-9,11,14H2,1H3,(H,23,28)/t17-,20-/m0/s1. The number of rotatable bonds is 6. The molecule has 0 bridgehead atoms. The molecule has 7 nitrogen and oxygen atoms in total. The lowest BCUT2D eigenvalue weighted by Crippen LogP contribution is -2.45. The topological polar surface area (TPSA) is 87.3 Å². The number of nitrogens with zero attached hydrogens (tertiary/aromatic N) is 2. The number of H-pyrrole nitrogens is 1. The van der Waals surface area contributed by atoms with Crippen LogP contribution in [0.4, 0.5) is 0 Å². The molecular weight excluding hydrogens is 368 g/mol.